The van der Waals surface area contributed by atoms with Gasteiger partial charge in [0.15, 0.2) is 6.29 Å². The standard InChI is InChI=1S/C8H14N2O2/c1-3-5(9-3)7-10-4(2)6(10)8(11)12-7/h3-9,11H,1-2H3/t3?,4?,5-,6?,7?,8+,10+/m1/s1. The molecule has 0 aliphatic carbocycles. The lowest BCUT2D eigenvalue weighted by Crippen LogP contribution is -2.30. The first-order chi connectivity index (χ1) is 5.70. The second-order valence-corrected chi connectivity index (χ2v) is 4.08. The van der Waals surface area contributed by atoms with Crippen LogP contribution in [0.4, 0.5) is 0 Å². The van der Waals surface area contributed by atoms with Crippen LogP contribution in [-0.4, -0.2) is 46.7 Å². The first-order valence-corrected chi connectivity index (χ1v) is 4.57. The molecule has 3 aliphatic rings. The summed E-state index contributed by atoms with van der Waals surface area (Å²) < 4.78 is 5.41. The summed E-state index contributed by atoms with van der Waals surface area (Å²) in [6.45, 7) is 4.28. The largest absolute Gasteiger partial charge is 0.366 e. The molecule has 0 spiro atoms. The number of fused-ring (bicyclic) bond motifs is 1. The normalized spacial score (nSPS) is 67.8. The average molecular weight is 170 g/mol. The topological polar surface area (TPSA) is 54.4 Å². The van der Waals surface area contributed by atoms with Crippen LogP contribution in [0.15, 0.2) is 0 Å². The number of nitrogens with one attached hydrogen (secondary N) is 1. The van der Waals surface area contributed by atoms with E-state index in [0.717, 1.165) is 0 Å². The quantitative estimate of drug-likeness (QED) is 0.500. The fourth-order valence-corrected chi connectivity index (χ4v) is 2.32. The number of aliphatic hydroxyl groups excluding tert-OH is 1. The summed E-state index contributed by atoms with van der Waals surface area (Å²) in [7, 11) is 0. The third kappa shape index (κ3) is 0.758. The predicted octanol–water partition coefficient (Wildman–Crippen LogP) is -0.906. The molecule has 3 aliphatic heterocycles. The summed E-state index contributed by atoms with van der Waals surface area (Å²) in [5.41, 5.74) is 0. The third-order valence-electron chi connectivity index (χ3n) is 3.28. The van der Waals surface area contributed by atoms with Gasteiger partial charge in [-0.1, -0.05) is 0 Å². The number of hydrogen-bond acceptors (Lipinski definition) is 4. The molecule has 2 N–H and O–H groups in total. The van der Waals surface area contributed by atoms with Crippen molar-refractivity contribution in [1.82, 2.24) is 10.2 Å². The van der Waals surface area contributed by atoms with Crippen LogP contribution in [0.1, 0.15) is 13.8 Å². The zero-order valence-corrected chi connectivity index (χ0v) is 7.27. The van der Waals surface area contributed by atoms with Gasteiger partial charge in [-0.15, -0.1) is 0 Å². The molecular weight excluding hydrogens is 156 g/mol. The average Bonchev–Trinajstić information content (AvgIpc) is 2.82. The summed E-state index contributed by atoms with van der Waals surface area (Å²) in [6, 6.07) is 1.77. The van der Waals surface area contributed by atoms with Gasteiger partial charge in [-0.2, -0.15) is 0 Å². The predicted molar refractivity (Wildman–Crippen MR) is 42.4 cm³/mol. The second-order valence-electron chi connectivity index (χ2n) is 4.08. The fraction of sp³-hybridized carbons (Fsp3) is 1.00. The first kappa shape index (κ1) is 7.26. The highest BCUT2D eigenvalue weighted by Crippen LogP contribution is 2.44. The lowest BCUT2D eigenvalue weighted by atomic mass is 10.3. The zero-order valence-electron chi connectivity index (χ0n) is 7.27. The number of ether oxygens (including phenoxy) is 1. The van der Waals surface area contributed by atoms with E-state index in [1.54, 1.807) is 0 Å². The van der Waals surface area contributed by atoms with Crippen LogP contribution in [0.2, 0.25) is 0 Å². The van der Waals surface area contributed by atoms with Gasteiger partial charge in [0.2, 0.25) is 0 Å². The molecule has 4 unspecified atom stereocenters. The van der Waals surface area contributed by atoms with Crippen molar-refractivity contribution in [2.45, 2.75) is 50.5 Å². The van der Waals surface area contributed by atoms with Crippen molar-refractivity contribution in [3.05, 3.63) is 0 Å². The molecule has 12 heavy (non-hydrogen) atoms. The van der Waals surface area contributed by atoms with Gasteiger partial charge in [-0.3, -0.25) is 4.90 Å². The number of hydrogen-bond donors (Lipinski definition) is 2. The molecule has 3 rings (SSSR count). The Hall–Kier alpha value is -0.160. The molecule has 7 atom stereocenters. The molecule has 0 amide bonds. The fourth-order valence-electron chi connectivity index (χ4n) is 2.32. The van der Waals surface area contributed by atoms with Gasteiger partial charge in [0.05, 0.1) is 12.1 Å². The maximum atomic E-state index is 9.45. The summed E-state index contributed by atoms with van der Waals surface area (Å²) in [5, 5.41) is 12.7. The van der Waals surface area contributed by atoms with Gasteiger partial charge >= 0.3 is 0 Å². The Morgan fingerprint density at radius 1 is 1.42 bits per heavy atom. The minimum Gasteiger partial charge on any atom is -0.366 e. The van der Waals surface area contributed by atoms with E-state index in [0.29, 0.717) is 18.1 Å². The highest BCUT2D eigenvalue weighted by molar-refractivity contribution is 5.14. The van der Waals surface area contributed by atoms with Crippen LogP contribution in [0.5, 0.6) is 0 Å². The zero-order chi connectivity index (χ0) is 8.46. The number of rotatable bonds is 1. The molecule has 4 heteroatoms. The highest BCUT2D eigenvalue weighted by atomic mass is 16.6. The molecule has 4 nitrogen and oxygen atoms in total. The Bertz CT molecular complexity index is 223. The maximum Gasteiger partial charge on any atom is 0.173 e. The molecule has 3 saturated heterocycles. The molecule has 3 fully saturated rings. The summed E-state index contributed by atoms with van der Waals surface area (Å²) in [6.07, 6.45) is -0.436. The van der Waals surface area contributed by atoms with Crippen LogP contribution in [0.3, 0.4) is 0 Å². The third-order valence-corrected chi connectivity index (χ3v) is 3.28. The van der Waals surface area contributed by atoms with Crippen molar-refractivity contribution in [2.75, 3.05) is 0 Å². The first-order valence-electron chi connectivity index (χ1n) is 4.57. The lowest BCUT2D eigenvalue weighted by molar-refractivity contribution is -0.116. The SMILES string of the molecule is CC1N[C@H]1C1O[C@H](O)C2C(C)[N@]12. The molecule has 68 valence electrons. The number of nitrogens with zero attached hydrogens (tertiary/aromatic N) is 1. The molecule has 3 heterocycles. The molecule has 0 aromatic heterocycles. The highest BCUT2D eigenvalue weighted by Gasteiger charge is 2.64. The summed E-state index contributed by atoms with van der Waals surface area (Å²) in [5.74, 6) is 0. The van der Waals surface area contributed by atoms with E-state index < -0.39 is 6.29 Å². The van der Waals surface area contributed by atoms with Crippen molar-refractivity contribution in [3.63, 3.8) is 0 Å². The Morgan fingerprint density at radius 3 is 2.50 bits per heavy atom. The van der Waals surface area contributed by atoms with Crippen LogP contribution >= 0.6 is 0 Å². The van der Waals surface area contributed by atoms with E-state index in [-0.39, 0.29) is 12.3 Å². The maximum absolute atomic E-state index is 9.45. The molecule has 0 saturated carbocycles. The Kier molecular flexibility index (Phi) is 1.22. The van der Waals surface area contributed by atoms with E-state index in [2.05, 4.69) is 24.1 Å². The van der Waals surface area contributed by atoms with Gasteiger partial charge < -0.3 is 15.2 Å². The van der Waals surface area contributed by atoms with Crippen LogP contribution < -0.4 is 5.32 Å². The van der Waals surface area contributed by atoms with E-state index in [4.69, 9.17) is 4.74 Å². The van der Waals surface area contributed by atoms with Crippen molar-refractivity contribution >= 4 is 0 Å². The molecule has 0 aromatic carbocycles. The van der Waals surface area contributed by atoms with Crippen molar-refractivity contribution in [1.29, 1.82) is 0 Å². The van der Waals surface area contributed by atoms with Gasteiger partial charge in [0.25, 0.3) is 0 Å². The molecule has 0 radical (unpaired) electrons. The molecular formula is C8H14N2O2. The smallest absolute Gasteiger partial charge is 0.173 e. The van der Waals surface area contributed by atoms with E-state index in [9.17, 15) is 5.11 Å². The van der Waals surface area contributed by atoms with Crippen molar-refractivity contribution in [3.8, 4) is 0 Å². The van der Waals surface area contributed by atoms with Gasteiger partial charge in [-0.25, -0.2) is 0 Å². The Morgan fingerprint density at radius 2 is 2.08 bits per heavy atom. The van der Waals surface area contributed by atoms with E-state index >= 15 is 0 Å². The summed E-state index contributed by atoms with van der Waals surface area (Å²) >= 11 is 0. The lowest BCUT2D eigenvalue weighted by Gasteiger charge is -2.14. The van der Waals surface area contributed by atoms with Gasteiger partial charge in [-0.05, 0) is 13.8 Å². The van der Waals surface area contributed by atoms with Gasteiger partial charge in [0, 0.05) is 12.1 Å². The second kappa shape index (κ2) is 2.01. The van der Waals surface area contributed by atoms with Crippen LogP contribution in [0.25, 0.3) is 0 Å². The Labute approximate surface area is 71.5 Å². The van der Waals surface area contributed by atoms with Gasteiger partial charge in [0.1, 0.15) is 6.23 Å². The minimum absolute atomic E-state index is 0.120. The monoisotopic (exact) mass is 170 g/mol. The Balaban J connectivity index is 1.74. The van der Waals surface area contributed by atoms with Crippen molar-refractivity contribution < 1.29 is 9.84 Å². The molecule has 0 aromatic rings. The summed E-state index contributed by atoms with van der Waals surface area (Å²) in [4.78, 5) is 2.24. The number of aliphatic hydroxyl groups is 1. The van der Waals surface area contributed by atoms with Crippen molar-refractivity contribution in [2.24, 2.45) is 0 Å². The van der Waals surface area contributed by atoms with E-state index in [1.165, 1.54) is 0 Å². The minimum atomic E-state index is -0.556. The van der Waals surface area contributed by atoms with Crippen LogP contribution in [0, 0.1) is 0 Å². The van der Waals surface area contributed by atoms with E-state index in [1.807, 2.05) is 0 Å². The van der Waals surface area contributed by atoms with Crippen LogP contribution in [-0.2, 0) is 4.74 Å². The molecule has 0 bridgehead atoms.